The van der Waals surface area contributed by atoms with Crippen molar-refractivity contribution in [1.29, 1.82) is 0 Å². The summed E-state index contributed by atoms with van der Waals surface area (Å²) < 4.78 is 0. The lowest BCUT2D eigenvalue weighted by molar-refractivity contribution is 0.0903. The molecule has 2 N–H and O–H groups in total. The summed E-state index contributed by atoms with van der Waals surface area (Å²) in [7, 11) is 1.95. The molecular weight excluding hydrogens is 260 g/mol. The Labute approximate surface area is 129 Å². The molecule has 1 fully saturated rings. The Morgan fingerprint density at radius 1 is 1.29 bits per heavy atom. The number of aliphatic hydroxyl groups is 1. The summed E-state index contributed by atoms with van der Waals surface area (Å²) in [5, 5.41) is 13.3. The van der Waals surface area contributed by atoms with Crippen molar-refractivity contribution in [3.63, 3.8) is 0 Å². The van der Waals surface area contributed by atoms with Gasteiger partial charge in [-0.25, -0.2) is 0 Å². The zero-order valence-electron chi connectivity index (χ0n) is 13.7. The van der Waals surface area contributed by atoms with Gasteiger partial charge in [-0.3, -0.25) is 0 Å². The second kappa shape index (κ2) is 6.91. The van der Waals surface area contributed by atoms with Crippen LogP contribution in [0.4, 0.5) is 0 Å². The highest BCUT2D eigenvalue weighted by Crippen LogP contribution is 2.30. The number of hydrogen-bond acceptors (Lipinski definition) is 3. The molecule has 3 nitrogen and oxygen atoms in total. The van der Waals surface area contributed by atoms with Gasteiger partial charge in [0.2, 0.25) is 0 Å². The van der Waals surface area contributed by atoms with E-state index in [1.807, 2.05) is 25.2 Å². The number of rotatable bonds is 6. The van der Waals surface area contributed by atoms with Crippen LogP contribution in [0.15, 0.2) is 30.3 Å². The molecule has 0 spiro atoms. The average Bonchev–Trinajstić information content (AvgIpc) is 2.49. The standard InChI is InChI=1S/C18H30N2O/c1-17(2)10-7-12-20(14-17)13-11-18(15-21,19-3)16-8-5-4-6-9-16/h4-6,8-9,19,21H,7,10-15H2,1-3H3. The lowest BCUT2D eigenvalue weighted by Gasteiger charge is -2.40. The number of likely N-dealkylation sites (N-methyl/N-ethyl adjacent to an activating group) is 1. The van der Waals surface area contributed by atoms with Crippen LogP contribution in [0.3, 0.4) is 0 Å². The minimum atomic E-state index is -0.331. The van der Waals surface area contributed by atoms with Gasteiger partial charge in [0.15, 0.2) is 0 Å². The summed E-state index contributed by atoms with van der Waals surface area (Å²) in [6, 6.07) is 10.3. The molecule has 1 aromatic carbocycles. The minimum absolute atomic E-state index is 0.130. The molecule has 21 heavy (non-hydrogen) atoms. The van der Waals surface area contributed by atoms with Crippen molar-refractivity contribution in [2.24, 2.45) is 5.41 Å². The molecule has 0 aliphatic carbocycles. The zero-order chi connectivity index (χ0) is 15.3. The van der Waals surface area contributed by atoms with E-state index in [2.05, 4.69) is 36.2 Å². The van der Waals surface area contributed by atoms with Crippen LogP contribution in [0.5, 0.6) is 0 Å². The Morgan fingerprint density at radius 3 is 2.57 bits per heavy atom. The van der Waals surface area contributed by atoms with E-state index >= 15 is 0 Å². The molecule has 1 aliphatic rings. The summed E-state index contributed by atoms with van der Waals surface area (Å²) in [6.07, 6.45) is 3.53. The smallest absolute Gasteiger partial charge is 0.0678 e. The highest BCUT2D eigenvalue weighted by atomic mass is 16.3. The maximum Gasteiger partial charge on any atom is 0.0678 e. The third kappa shape index (κ3) is 4.06. The molecule has 0 aromatic heterocycles. The Balaban J connectivity index is 2.04. The molecule has 2 rings (SSSR count). The van der Waals surface area contributed by atoms with E-state index in [1.54, 1.807) is 0 Å². The molecular formula is C18H30N2O. The van der Waals surface area contributed by atoms with E-state index < -0.39 is 0 Å². The Morgan fingerprint density at radius 2 is 2.00 bits per heavy atom. The van der Waals surface area contributed by atoms with Gasteiger partial charge >= 0.3 is 0 Å². The Kier molecular flexibility index (Phi) is 5.42. The molecule has 1 unspecified atom stereocenters. The first-order valence-electron chi connectivity index (χ1n) is 8.09. The highest BCUT2D eigenvalue weighted by molar-refractivity contribution is 5.24. The van der Waals surface area contributed by atoms with Crippen LogP contribution < -0.4 is 5.32 Å². The van der Waals surface area contributed by atoms with Gasteiger partial charge < -0.3 is 15.3 Å². The van der Waals surface area contributed by atoms with E-state index in [9.17, 15) is 5.11 Å². The van der Waals surface area contributed by atoms with Crippen molar-refractivity contribution in [2.75, 3.05) is 33.3 Å². The topological polar surface area (TPSA) is 35.5 Å². The SMILES string of the molecule is CNC(CO)(CCN1CCCC(C)(C)C1)c1ccccc1. The third-order valence-corrected chi connectivity index (χ3v) is 4.91. The highest BCUT2D eigenvalue weighted by Gasteiger charge is 2.32. The van der Waals surface area contributed by atoms with Crippen molar-refractivity contribution in [3.8, 4) is 0 Å². The van der Waals surface area contributed by atoms with Gasteiger partial charge in [-0.05, 0) is 43.8 Å². The summed E-state index contributed by atoms with van der Waals surface area (Å²) in [6.45, 7) is 8.21. The van der Waals surface area contributed by atoms with Gasteiger partial charge in [0.25, 0.3) is 0 Å². The lowest BCUT2D eigenvalue weighted by Crippen LogP contribution is -2.48. The fourth-order valence-electron chi connectivity index (χ4n) is 3.50. The van der Waals surface area contributed by atoms with Crippen molar-refractivity contribution in [2.45, 2.75) is 38.6 Å². The van der Waals surface area contributed by atoms with Crippen LogP contribution in [0.2, 0.25) is 0 Å². The van der Waals surface area contributed by atoms with E-state index in [-0.39, 0.29) is 12.1 Å². The zero-order valence-corrected chi connectivity index (χ0v) is 13.7. The molecule has 0 bridgehead atoms. The second-order valence-electron chi connectivity index (χ2n) is 7.15. The van der Waals surface area contributed by atoms with Crippen LogP contribution >= 0.6 is 0 Å². The maximum atomic E-state index is 9.98. The van der Waals surface area contributed by atoms with Gasteiger partial charge in [-0.1, -0.05) is 44.2 Å². The maximum absolute atomic E-state index is 9.98. The molecule has 1 aliphatic heterocycles. The Bertz CT molecular complexity index is 426. The average molecular weight is 290 g/mol. The van der Waals surface area contributed by atoms with Crippen molar-refractivity contribution in [3.05, 3.63) is 35.9 Å². The molecule has 0 radical (unpaired) electrons. The first-order valence-corrected chi connectivity index (χ1v) is 8.09. The van der Waals surface area contributed by atoms with Crippen molar-refractivity contribution in [1.82, 2.24) is 10.2 Å². The van der Waals surface area contributed by atoms with E-state index in [4.69, 9.17) is 0 Å². The van der Waals surface area contributed by atoms with Crippen LogP contribution in [0.1, 0.15) is 38.7 Å². The molecule has 118 valence electrons. The predicted molar refractivity (Wildman–Crippen MR) is 88.3 cm³/mol. The Hall–Kier alpha value is -0.900. The number of aliphatic hydroxyl groups excluding tert-OH is 1. The summed E-state index contributed by atoms with van der Waals surface area (Å²) in [4.78, 5) is 2.55. The molecule has 0 amide bonds. The van der Waals surface area contributed by atoms with Crippen LogP contribution in [0.25, 0.3) is 0 Å². The van der Waals surface area contributed by atoms with E-state index in [0.29, 0.717) is 5.41 Å². The third-order valence-electron chi connectivity index (χ3n) is 4.91. The van der Waals surface area contributed by atoms with E-state index in [1.165, 1.54) is 24.9 Å². The van der Waals surface area contributed by atoms with Gasteiger partial charge in [-0.2, -0.15) is 0 Å². The number of nitrogens with one attached hydrogen (secondary N) is 1. The molecule has 1 saturated heterocycles. The number of piperidine rings is 1. The number of nitrogens with zero attached hydrogens (tertiary/aromatic N) is 1. The van der Waals surface area contributed by atoms with Gasteiger partial charge in [0.05, 0.1) is 12.1 Å². The number of hydrogen-bond donors (Lipinski definition) is 2. The molecule has 1 heterocycles. The number of benzene rings is 1. The quantitative estimate of drug-likeness (QED) is 0.845. The molecule has 3 heteroatoms. The summed E-state index contributed by atoms with van der Waals surface area (Å²) in [5.41, 5.74) is 1.27. The van der Waals surface area contributed by atoms with Gasteiger partial charge in [0, 0.05) is 13.1 Å². The normalized spacial score (nSPS) is 21.9. The second-order valence-corrected chi connectivity index (χ2v) is 7.15. The van der Waals surface area contributed by atoms with Crippen molar-refractivity contribution < 1.29 is 5.11 Å². The monoisotopic (exact) mass is 290 g/mol. The fraction of sp³-hybridized carbons (Fsp3) is 0.667. The van der Waals surface area contributed by atoms with Crippen LogP contribution in [-0.2, 0) is 5.54 Å². The van der Waals surface area contributed by atoms with Gasteiger partial charge in [-0.15, -0.1) is 0 Å². The van der Waals surface area contributed by atoms with Gasteiger partial charge in [0.1, 0.15) is 0 Å². The first-order chi connectivity index (χ1) is 10.0. The van der Waals surface area contributed by atoms with Crippen LogP contribution in [-0.4, -0.2) is 43.3 Å². The van der Waals surface area contributed by atoms with E-state index in [0.717, 1.165) is 19.5 Å². The number of likely N-dealkylation sites (tertiary alicyclic amines) is 1. The minimum Gasteiger partial charge on any atom is -0.394 e. The molecule has 1 atom stereocenters. The van der Waals surface area contributed by atoms with Crippen LogP contribution in [0, 0.1) is 5.41 Å². The fourth-order valence-corrected chi connectivity index (χ4v) is 3.50. The summed E-state index contributed by atoms with van der Waals surface area (Å²) >= 11 is 0. The first kappa shape index (κ1) is 16.5. The molecule has 1 aromatic rings. The lowest BCUT2D eigenvalue weighted by atomic mass is 9.83. The summed E-state index contributed by atoms with van der Waals surface area (Å²) in [5.74, 6) is 0. The largest absolute Gasteiger partial charge is 0.394 e. The molecule has 0 saturated carbocycles. The van der Waals surface area contributed by atoms with Crippen molar-refractivity contribution >= 4 is 0 Å². The predicted octanol–water partition coefficient (Wildman–Crippen LogP) is 2.61.